The van der Waals surface area contributed by atoms with Crippen molar-refractivity contribution in [2.75, 3.05) is 12.3 Å². The monoisotopic (exact) mass is 431 g/mol. The fraction of sp³-hybridized carbons (Fsp3) is 0.286. The minimum absolute atomic E-state index is 0.0403. The summed E-state index contributed by atoms with van der Waals surface area (Å²) in [6, 6.07) is 12.7. The number of hydrogen-bond donors (Lipinski definition) is 1. The van der Waals surface area contributed by atoms with Gasteiger partial charge in [0.25, 0.3) is 0 Å². The maximum atomic E-state index is 13.4. The molecule has 158 valence electrons. The lowest BCUT2D eigenvalue weighted by molar-refractivity contribution is -0.121. The number of benzene rings is 2. The topological polar surface area (TPSA) is 102 Å². The number of nitrogens with one attached hydrogen (secondary N) is 1. The average Bonchev–Trinajstić information content (AvgIpc) is 3.21. The molecule has 1 heterocycles. The van der Waals surface area contributed by atoms with Crippen molar-refractivity contribution >= 4 is 15.7 Å². The van der Waals surface area contributed by atoms with Crippen LogP contribution in [0.3, 0.4) is 0 Å². The zero-order valence-corrected chi connectivity index (χ0v) is 17.3. The first-order valence-corrected chi connectivity index (χ1v) is 11.1. The van der Waals surface area contributed by atoms with E-state index < -0.39 is 9.84 Å². The van der Waals surface area contributed by atoms with Crippen LogP contribution in [-0.4, -0.2) is 36.8 Å². The van der Waals surface area contributed by atoms with Crippen LogP contribution in [0.4, 0.5) is 4.39 Å². The highest BCUT2D eigenvalue weighted by Crippen LogP contribution is 2.19. The molecule has 0 aliphatic rings. The lowest BCUT2D eigenvalue weighted by Gasteiger charge is -2.06. The van der Waals surface area contributed by atoms with Crippen LogP contribution in [0.2, 0.25) is 0 Å². The van der Waals surface area contributed by atoms with Crippen molar-refractivity contribution in [3.05, 3.63) is 65.8 Å². The Morgan fingerprint density at radius 3 is 2.67 bits per heavy atom. The SMILES string of the molecule is Cc1cc(-c2noc(CCC(=O)NCCCS(=O)(=O)c3ccccc3)n2)ccc1F. The number of aryl methyl sites for hydroxylation is 2. The van der Waals surface area contributed by atoms with Crippen molar-refractivity contribution in [3.8, 4) is 11.4 Å². The van der Waals surface area contributed by atoms with Gasteiger partial charge >= 0.3 is 0 Å². The molecule has 0 aliphatic carbocycles. The Morgan fingerprint density at radius 2 is 1.93 bits per heavy atom. The number of amides is 1. The van der Waals surface area contributed by atoms with Crippen LogP contribution in [0.25, 0.3) is 11.4 Å². The fourth-order valence-corrected chi connectivity index (χ4v) is 4.13. The highest BCUT2D eigenvalue weighted by molar-refractivity contribution is 7.91. The van der Waals surface area contributed by atoms with E-state index in [0.29, 0.717) is 29.3 Å². The van der Waals surface area contributed by atoms with Gasteiger partial charge in [-0.2, -0.15) is 4.98 Å². The largest absolute Gasteiger partial charge is 0.356 e. The van der Waals surface area contributed by atoms with Crippen LogP contribution in [0.5, 0.6) is 0 Å². The van der Waals surface area contributed by atoms with Crippen molar-refractivity contribution < 1.29 is 22.1 Å². The highest BCUT2D eigenvalue weighted by atomic mass is 32.2. The molecule has 3 aromatic rings. The number of carbonyl (C=O) groups excluding carboxylic acids is 1. The second kappa shape index (κ2) is 9.62. The minimum Gasteiger partial charge on any atom is -0.356 e. The van der Waals surface area contributed by atoms with E-state index >= 15 is 0 Å². The van der Waals surface area contributed by atoms with Crippen LogP contribution >= 0.6 is 0 Å². The molecule has 0 atom stereocenters. The first-order chi connectivity index (χ1) is 14.3. The van der Waals surface area contributed by atoms with Gasteiger partial charge in [-0.05, 0) is 49.2 Å². The second-order valence-corrected chi connectivity index (χ2v) is 8.92. The molecule has 2 aromatic carbocycles. The fourth-order valence-electron chi connectivity index (χ4n) is 2.80. The Bertz CT molecular complexity index is 1110. The molecule has 0 fully saturated rings. The number of carbonyl (C=O) groups is 1. The number of rotatable bonds is 9. The van der Waals surface area contributed by atoms with Gasteiger partial charge in [0.2, 0.25) is 17.6 Å². The zero-order valence-electron chi connectivity index (χ0n) is 16.5. The molecule has 0 bridgehead atoms. The van der Waals surface area contributed by atoms with E-state index in [2.05, 4.69) is 15.5 Å². The van der Waals surface area contributed by atoms with Gasteiger partial charge in [0, 0.05) is 24.9 Å². The molecule has 0 spiro atoms. The van der Waals surface area contributed by atoms with E-state index in [1.807, 2.05) is 0 Å². The molecule has 30 heavy (non-hydrogen) atoms. The molecule has 0 radical (unpaired) electrons. The average molecular weight is 431 g/mol. The van der Waals surface area contributed by atoms with E-state index in [4.69, 9.17) is 4.52 Å². The Balaban J connectivity index is 1.42. The van der Waals surface area contributed by atoms with Crippen LogP contribution in [0.1, 0.15) is 24.3 Å². The Kier molecular flexibility index (Phi) is 6.94. The number of hydrogen-bond acceptors (Lipinski definition) is 6. The van der Waals surface area contributed by atoms with E-state index in [9.17, 15) is 17.6 Å². The maximum Gasteiger partial charge on any atom is 0.227 e. The normalized spacial score (nSPS) is 11.4. The number of halogens is 1. The summed E-state index contributed by atoms with van der Waals surface area (Å²) in [5, 5.41) is 6.55. The Morgan fingerprint density at radius 1 is 1.17 bits per heavy atom. The van der Waals surface area contributed by atoms with Crippen molar-refractivity contribution in [2.45, 2.75) is 31.1 Å². The zero-order chi connectivity index (χ0) is 21.6. The van der Waals surface area contributed by atoms with Gasteiger partial charge in [0.15, 0.2) is 9.84 Å². The van der Waals surface area contributed by atoms with Gasteiger partial charge in [0.05, 0.1) is 10.6 Å². The van der Waals surface area contributed by atoms with Crippen molar-refractivity contribution in [1.82, 2.24) is 15.5 Å². The summed E-state index contributed by atoms with van der Waals surface area (Å²) in [7, 11) is -3.35. The third-order valence-electron chi connectivity index (χ3n) is 4.46. The third kappa shape index (κ3) is 5.73. The number of nitrogens with zero attached hydrogens (tertiary/aromatic N) is 2. The molecule has 3 rings (SSSR count). The van der Waals surface area contributed by atoms with Gasteiger partial charge in [0.1, 0.15) is 5.82 Å². The van der Waals surface area contributed by atoms with Gasteiger partial charge in [-0.1, -0.05) is 23.4 Å². The molecule has 7 nitrogen and oxygen atoms in total. The number of aromatic nitrogens is 2. The van der Waals surface area contributed by atoms with Gasteiger partial charge in [-0.25, -0.2) is 12.8 Å². The molecule has 1 amide bonds. The quantitative estimate of drug-likeness (QED) is 0.523. The van der Waals surface area contributed by atoms with Crippen LogP contribution in [0, 0.1) is 12.7 Å². The molecule has 0 saturated heterocycles. The van der Waals surface area contributed by atoms with Crippen LogP contribution in [0.15, 0.2) is 57.9 Å². The summed E-state index contributed by atoms with van der Waals surface area (Å²) < 4.78 is 42.9. The maximum absolute atomic E-state index is 13.4. The molecule has 0 unspecified atom stereocenters. The van der Waals surface area contributed by atoms with Gasteiger partial charge in [-0.15, -0.1) is 0 Å². The van der Waals surface area contributed by atoms with E-state index in [1.54, 1.807) is 49.4 Å². The van der Waals surface area contributed by atoms with Crippen molar-refractivity contribution in [3.63, 3.8) is 0 Å². The Labute approximate surface area is 174 Å². The molecule has 1 aromatic heterocycles. The molecule has 0 saturated carbocycles. The first-order valence-electron chi connectivity index (χ1n) is 9.49. The predicted octanol–water partition coefficient (Wildman–Crippen LogP) is 3.10. The Hall–Kier alpha value is -3.07. The smallest absolute Gasteiger partial charge is 0.227 e. The van der Waals surface area contributed by atoms with E-state index in [0.717, 1.165) is 0 Å². The second-order valence-electron chi connectivity index (χ2n) is 6.81. The lowest BCUT2D eigenvalue weighted by Crippen LogP contribution is -2.26. The molecule has 1 N–H and O–H groups in total. The summed E-state index contributed by atoms with van der Waals surface area (Å²) >= 11 is 0. The minimum atomic E-state index is -3.35. The van der Waals surface area contributed by atoms with Gasteiger partial charge in [-0.3, -0.25) is 4.79 Å². The predicted molar refractivity (Wildman–Crippen MR) is 109 cm³/mol. The summed E-state index contributed by atoms with van der Waals surface area (Å²) in [4.78, 5) is 16.5. The summed E-state index contributed by atoms with van der Waals surface area (Å²) in [5.74, 6) is 0.0510. The van der Waals surface area contributed by atoms with Crippen molar-refractivity contribution in [1.29, 1.82) is 0 Å². The van der Waals surface area contributed by atoms with E-state index in [1.165, 1.54) is 6.07 Å². The molecular formula is C21H22FN3O4S. The van der Waals surface area contributed by atoms with E-state index in [-0.39, 0.29) is 41.8 Å². The van der Waals surface area contributed by atoms with Gasteiger partial charge < -0.3 is 9.84 Å². The first kappa shape index (κ1) is 21.6. The summed E-state index contributed by atoms with van der Waals surface area (Å²) in [6.45, 7) is 1.91. The lowest BCUT2D eigenvalue weighted by atomic mass is 10.1. The standard InChI is InChI=1S/C21H22FN3O4S/c1-15-14-16(8-9-18(15)22)21-24-20(29-25-21)11-10-19(26)23-12-5-13-30(27,28)17-6-3-2-4-7-17/h2-4,6-9,14H,5,10-13H2,1H3,(H,23,26). The van der Waals surface area contributed by atoms with Crippen LogP contribution < -0.4 is 5.32 Å². The third-order valence-corrected chi connectivity index (χ3v) is 6.28. The summed E-state index contributed by atoms with van der Waals surface area (Å²) in [6.07, 6.45) is 0.703. The molecule has 9 heteroatoms. The molecular weight excluding hydrogens is 409 g/mol. The molecule has 0 aliphatic heterocycles. The summed E-state index contributed by atoms with van der Waals surface area (Å²) in [5.41, 5.74) is 1.11. The highest BCUT2D eigenvalue weighted by Gasteiger charge is 2.14. The number of sulfone groups is 1. The van der Waals surface area contributed by atoms with Crippen molar-refractivity contribution in [2.24, 2.45) is 0 Å². The van der Waals surface area contributed by atoms with Crippen LogP contribution in [-0.2, 0) is 21.1 Å².